The molecule has 0 radical (unpaired) electrons. The van der Waals surface area contributed by atoms with E-state index in [0.717, 1.165) is 32.5 Å². The summed E-state index contributed by atoms with van der Waals surface area (Å²) in [5, 5.41) is 41.5. The molecule has 35 heavy (non-hydrogen) atoms. The first-order chi connectivity index (χ1) is 16.9. The van der Waals surface area contributed by atoms with Crippen LogP contribution >= 0.6 is 11.8 Å². The Kier molecular flexibility index (Phi) is 6.51. The summed E-state index contributed by atoms with van der Waals surface area (Å²) in [6.07, 6.45) is -2.41. The third-order valence-corrected chi connectivity index (χ3v) is 7.07. The molecular weight excluding hydrogens is 483 g/mol. The van der Waals surface area contributed by atoms with Gasteiger partial charge < -0.3 is 20.1 Å². The highest BCUT2D eigenvalue weighted by Crippen LogP contribution is 2.39. The maximum absolute atomic E-state index is 13.7. The summed E-state index contributed by atoms with van der Waals surface area (Å²) in [5.41, 5.74) is -0.937. The first-order valence-corrected chi connectivity index (χ1v) is 11.6. The predicted octanol–water partition coefficient (Wildman–Crippen LogP) is 3.29. The molecule has 1 fully saturated rings. The van der Waals surface area contributed by atoms with Gasteiger partial charge in [0.25, 0.3) is 0 Å². The number of benzene rings is 3. The Hall–Kier alpha value is -2.96. The molecule has 1 aliphatic rings. The summed E-state index contributed by atoms with van der Waals surface area (Å²) in [4.78, 5) is 0.802. The van der Waals surface area contributed by atoms with Gasteiger partial charge in [0.2, 0.25) is 0 Å². The smallest absolute Gasteiger partial charge is 0.194 e. The summed E-state index contributed by atoms with van der Waals surface area (Å²) in [5.74, 6) is -4.36. The van der Waals surface area contributed by atoms with E-state index in [9.17, 15) is 28.5 Å². The lowest BCUT2D eigenvalue weighted by molar-refractivity contribution is -0.178. The topological polar surface area (TPSA) is 101 Å². The minimum atomic E-state index is -1.60. The van der Waals surface area contributed by atoms with Crippen LogP contribution in [0, 0.1) is 17.5 Å². The third kappa shape index (κ3) is 4.53. The number of hydrogen-bond donors (Lipinski definition) is 3. The van der Waals surface area contributed by atoms with Crippen molar-refractivity contribution in [2.75, 3.05) is 6.61 Å². The van der Waals surface area contributed by atoms with Crippen LogP contribution in [0.1, 0.15) is 6.04 Å². The number of aliphatic hydroxyl groups excluding tert-OH is 3. The maximum atomic E-state index is 13.7. The van der Waals surface area contributed by atoms with Crippen LogP contribution in [0.3, 0.4) is 0 Å². The number of fused-ring (bicyclic) bond motifs is 1. The summed E-state index contributed by atoms with van der Waals surface area (Å²) in [6.45, 7) is -0.519. The SMILES string of the molecule is OCC1O[C@H](Sc2ccc3ccccc3c2)[C@@H](O)C(n2cc(-c3cc(F)c(F)c(F)c3)nn2)[C@H]1O. The van der Waals surface area contributed by atoms with Gasteiger partial charge in [-0.05, 0) is 35.0 Å². The van der Waals surface area contributed by atoms with E-state index in [1.54, 1.807) is 0 Å². The zero-order valence-electron chi connectivity index (χ0n) is 18.0. The summed E-state index contributed by atoms with van der Waals surface area (Å²) in [7, 11) is 0. The third-order valence-electron chi connectivity index (χ3n) is 5.92. The molecule has 5 rings (SSSR count). The fraction of sp³-hybridized carbons (Fsp3) is 0.250. The Morgan fingerprint density at radius 1 is 0.943 bits per heavy atom. The van der Waals surface area contributed by atoms with Crippen molar-refractivity contribution in [1.29, 1.82) is 0 Å². The van der Waals surface area contributed by atoms with E-state index < -0.39 is 53.8 Å². The van der Waals surface area contributed by atoms with E-state index in [0.29, 0.717) is 0 Å². The number of nitrogens with zero attached hydrogens (tertiary/aromatic N) is 3. The first kappa shape index (κ1) is 23.8. The van der Waals surface area contributed by atoms with Crippen molar-refractivity contribution in [3.05, 3.63) is 78.2 Å². The lowest BCUT2D eigenvalue weighted by Crippen LogP contribution is -2.55. The van der Waals surface area contributed by atoms with Crippen LogP contribution in [0.5, 0.6) is 0 Å². The highest BCUT2D eigenvalue weighted by molar-refractivity contribution is 7.99. The van der Waals surface area contributed by atoms with Gasteiger partial charge in [-0.1, -0.05) is 47.3 Å². The average Bonchev–Trinajstić information content (AvgIpc) is 3.34. The molecule has 2 unspecified atom stereocenters. The first-order valence-electron chi connectivity index (χ1n) is 10.7. The molecule has 7 nitrogen and oxygen atoms in total. The van der Waals surface area contributed by atoms with Gasteiger partial charge in [0.15, 0.2) is 17.5 Å². The molecule has 4 aromatic rings. The van der Waals surface area contributed by atoms with Crippen molar-refractivity contribution in [3.63, 3.8) is 0 Å². The van der Waals surface area contributed by atoms with Crippen molar-refractivity contribution in [2.45, 2.75) is 34.7 Å². The van der Waals surface area contributed by atoms with Gasteiger partial charge >= 0.3 is 0 Å². The molecular formula is C24H20F3N3O4S. The van der Waals surface area contributed by atoms with Crippen LogP contribution in [-0.4, -0.2) is 60.7 Å². The Morgan fingerprint density at radius 3 is 2.37 bits per heavy atom. The Labute approximate surface area is 201 Å². The van der Waals surface area contributed by atoms with Gasteiger partial charge in [-0.3, -0.25) is 0 Å². The molecule has 0 aliphatic carbocycles. The fourth-order valence-corrected chi connectivity index (χ4v) is 5.22. The number of halogens is 3. The largest absolute Gasteiger partial charge is 0.394 e. The van der Waals surface area contributed by atoms with Crippen LogP contribution < -0.4 is 0 Å². The van der Waals surface area contributed by atoms with Crippen molar-refractivity contribution >= 4 is 22.5 Å². The lowest BCUT2D eigenvalue weighted by Gasteiger charge is -2.41. The van der Waals surface area contributed by atoms with Crippen molar-refractivity contribution in [1.82, 2.24) is 15.0 Å². The minimum absolute atomic E-state index is 0.00738. The Bertz CT molecular complexity index is 1350. The summed E-state index contributed by atoms with van der Waals surface area (Å²) < 4.78 is 47.6. The second-order valence-corrected chi connectivity index (χ2v) is 9.33. The van der Waals surface area contributed by atoms with Crippen molar-refractivity contribution in [3.8, 4) is 11.3 Å². The van der Waals surface area contributed by atoms with Gasteiger partial charge in [0, 0.05) is 10.5 Å². The number of aliphatic hydroxyl groups is 3. The van der Waals surface area contributed by atoms with Crippen LogP contribution in [0.15, 0.2) is 65.7 Å². The van der Waals surface area contributed by atoms with E-state index >= 15 is 0 Å². The molecule has 11 heteroatoms. The number of ether oxygens (including phenoxy) is 1. The van der Waals surface area contributed by atoms with E-state index in [4.69, 9.17) is 4.74 Å². The summed E-state index contributed by atoms with van der Waals surface area (Å²) >= 11 is 1.22. The van der Waals surface area contributed by atoms with Gasteiger partial charge in [0.05, 0.1) is 12.8 Å². The van der Waals surface area contributed by atoms with Crippen molar-refractivity contribution in [2.24, 2.45) is 0 Å². The normalized spacial score (nSPS) is 24.7. The highest BCUT2D eigenvalue weighted by atomic mass is 32.2. The van der Waals surface area contributed by atoms with Crippen LogP contribution in [0.2, 0.25) is 0 Å². The number of aromatic nitrogens is 3. The minimum Gasteiger partial charge on any atom is -0.394 e. The molecule has 182 valence electrons. The van der Waals surface area contributed by atoms with Crippen LogP contribution in [-0.2, 0) is 4.74 Å². The molecule has 0 amide bonds. The second-order valence-electron chi connectivity index (χ2n) is 8.16. The van der Waals surface area contributed by atoms with Gasteiger partial charge in [-0.2, -0.15) is 0 Å². The molecule has 0 bridgehead atoms. The standard InChI is InChI=1S/C24H20F3N3O4S/c25-16-8-14(9-17(26)20(16)27)18-10-30(29-28-18)21-22(32)19(11-31)34-24(23(21)33)35-15-6-5-12-3-1-2-4-13(12)7-15/h1-10,19,21-24,31-33H,11H2/t19?,21?,22-,23-,24+/m0/s1. The maximum Gasteiger partial charge on any atom is 0.194 e. The van der Waals surface area contributed by atoms with E-state index in [1.165, 1.54) is 18.0 Å². The molecule has 3 aromatic carbocycles. The van der Waals surface area contributed by atoms with E-state index in [-0.39, 0.29) is 11.3 Å². The zero-order chi connectivity index (χ0) is 24.7. The number of thioether (sulfide) groups is 1. The molecule has 0 spiro atoms. The van der Waals surface area contributed by atoms with Gasteiger partial charge in [0.1, 0.15) is 35.5 Å². The quantitative estimate of drug-likeness (QED) is 0.360. The Morgan fingerprint density at radius 2 is 1.66 bits per heavy atom. The van der Waals surface area contributed by atoms with Gasteiger partial charge in [-0.25, -0.2) is 17.9 Å². The fourth-order valence-electron chi connectivity index (χ4n) is 4.11. The molecule has 3 N–H and O–H groups in total. The van der Waals surface area contributed by atoms with Crippen molar-refractivity contribution < 1.29 is 33.2 Å². The molecule has 2 heterocycles. The predicted molar refractivity (Wildman–Crippen MR) is 122 cm³/mol. The molecule has 1 saturated heterocycles. The lowest BCUT2D eigenvalue weighted by atomic mass is 9.97. The Balaban J connectivity index is 1.44. The molecule has 5 atom stereocenters. The molecule has 1 aliphatic heterocycles. The second kappa shape index (κ2) is 9.59. The zero-order valence-corrected chi connectivity index (χ0v) is 18.8. The number of rotatable bonds is 5. The van der Waals surface area contributed by atoms with E-state index in [1.807, 2.05) is 42.5 Å². The highest BCUT2D eigenvalue weighted by Gasteiger charge is 2.46. The van der Waals surface area contributed by atoms with E-state index in [2.05, 4.69) is 10.3 Å². The monoisotopic (exact) mass is 503 g/mol. The number of hydrogen-bond acceptors (Lipinski definition) is 7. The van der Waals surface area contributed by atoms with Crippen LogP contribution in [0.4, 0.5) is 13.2 Å². The molecule has 1 aromatic heterocycles. The van der Waals surface area contributed by atoms with Gasteiger partial charge in [-0.15, -0.1) is 5.10 Å². The average molecular weight is 504 g/mol. The summed E-state index contributed by atoms with van der Waals surface area (Å²) in [6, 6.07) is 14.0. The van der Waals surface area contributed by atoms with Crippen LogP contribution in [0.25, 0.3) is 22.0 Å². The molecule has 0 saturated carbocycles.